The van der Waals surface area contributed by atoms with Crippen molar-refractivity contribution < 1.29 is 17.7 Å². The fourth-order valence-corrected chi connectivity index (χ4v) is 3.63. The van der Waals surface area contributed by atoms with Crippen LogP contribution in [0.4, 0.5) is 10.1 Å². The average Bonchev–Trinajstić information content (AvgIpc) is 2.38. The van der Waals surface area contributed by atoms with E-state index in [0.717, 1.165) is 18.2 Å². The molecule has 0 bridgehead atoms. The first-order valence-electron chi connectivity index (χ1n) is 6.49. The van der Waals surface area contributed by atoms with Crippen molar-refractivity contribution in [1.82, 2.24) is 10.0 Å². The predicted molar refractivity (Wildman–Crippen MR) is 73.9 cm³/mol. The van der Waals surface area contributed by atoms with Gasteiger partial charge in [0.25, 0.3) is 0 Å². The van der Waals surface area contributed by atoms with Crippen LogP contribution >= 0.6 is 0 Å². The number of nitro benzene ring substituents is 1. The van der Waals surface area contributed by atoms with Gasteiger partial charge < -0.3 is 5.32 Å². The van der Waals surface area contributed by atoms with Crippen molar-refractivity contribution in [3.8, 4) is 0 Å². The first-order valence-corrected chi connectivity index (χ1v) is 7.97. The van der Waals surface area contributed by atoms with Crippen LogP contribution in [0.25, 0.3) is 0 Å². The molecule has 7 nitrogen and oxygen atoms in total. The average molecular weight is 317 g/mol. The zero-order valence-corrected chi connectivity index (χ0v) is 12.2. The van der Waals surface area contributed by atoms with Gasteiger partial charge in [0, 0.05) is 18.2 Å². The number of hydrogen-bond donors (Lipinski definition) is 2. The summed E-state index contributed by atoms with van der Waals surface area (Å²) in [5.74, 6) is -1.06. The van der Waals surface area contributed by atoms with Crippen molar-refractivity contribution in [1.29, 1.82) is 0 Å². The summed E-state index contributed by atoms with van der Waals surface area (Å²) < 4.78 is 40.2. The molecule has 1 aliphatic heterocycles. The van der Waals surface area contributed by atoms with Gasteiger partial charge in [-0.15, -0.1) is 0 Å². The Hall–Kier alpha value is -1.58. The molecule has 2 atom stereocenters. The number of nitrogens with one attached hydrogen (secondary N) is 2. The van der Waals surface area contributed by atoms with Crippen LogP contribution in [0, 0.1) is 15.9 Å². The monoisotopic (exact) mass is 317 g/mol. The largest absolute Gasteiger partial charge is 0.314 e. The van der Waals surface area contributed by atoms with Gasteiger partial charge in [0.2, 0.25) is 15.8 Å². The van der Waals surface area contributed by atoms with Gasteiger partial charge in [-0.3, -0.25) is 10.1 Å². The number of piperidine rings is 1. The van der Waals surface area contributed by atoms with Crippen molar-refractivity contribution in [2.45, 2.75) is 36.7 Å². The fraction of sp³-hybridized carbons (Fsp3) is 0.500. The van der Waals surface area contributed by atoms with Crippen LogP contribution in [0.2, 0.25) is 0 Å². The van der Waals surface area contributed by atoms with Gasteiger partial charge >= 0.3 is 5.69 Å². The molecule has 1 saturated heterocycles. The Bertz CT molecular complexity index is 650. The smallest absolute Gasteiger partial charge is 0.306 e. The topological polar surface area (TPSA) is 101 Å². The molecule has 1 aromatic rings. The predicted octanol–water partition coefficient (Wildman–Crippen LogP) is 1.15. The number of halogens is 1. The molecule has 1 aromatic carbocycles. The standard InChI is InChI=1S/C12H16FN3O4S/c1-8-6-9(4-5-14-8)15-21(19,20)10-2-3-11(13)12(7-10)16(17)18/h2-3,7-9,14-15H,4-6H2,1H3. The highest BCUT2D eigenvalue weighted by atomic mass is 32.2. The van der Waals surface area contributed by atoms with Gasteiger partial charge in [-0.05, 0) is 38.4 Å². The molecule has 0 radical (unpaired) electrons. The Morgan fingerprint density at radius 1 is 1.48 bits per heavy atom. The minimum atomic E-state index is -3.91. The SMILES string of the molecule is CC1CC(NS(=O)(=O)c2ccc(F)c([N+](=O)[O-])c2)CCN1. The number of nitrogens with zero attached hydrogens (tertiary/aromatic N) is 1. The third kappa shape index (κ3) is 3.74. The second-order valence-electron chi connectivity index (χ2n) is 5.07. The number of rotatable bonds is 4. The summed E-state index contributed by atoms with van der Waals surface area (Å²) in [6.45, 7) is 2.64. The van der Waals surface area contributed by atoms with Gasteiger partial charge in [0.05, 0.1) is 9.82 Å². The Morgan fingerprint density at radius 2 is 2.19 bits per heavy atom. The quantitative estimate of drug-likeness (QED) is 0.641. The fourth-order valence-electron chi connectivity index (χ4n) is 2.33. The number of nitro groups is 1. The van der Waals surface area contributed by atoms with E-state index in [4.69, 9.17) is 0 Å². The van der Waals surface area contributed by atoms with Crippen LogP contribution in [0.5, 0.6) is 0 Å². The van der Waals surface area contributed by atoms with Gasteiger partial charge in [0.1, 0.15) is 0 Å². The summed E-state index contributed by atoms with van der Waals surface area (Å²) in [5.41, 5.74) is -0.850. The number of benzene rings is 1. The summed E-state index contributed by atoms with van der Waals surface area (Å²) in [4.78, 5) is 9.43. The maximum Gasteiger partial charge on any atom is 0.306 e. The second kappa shape index (κ2) is 6.04. The summed E-state index contributed by atoms with van der Waals surface area (Å²) >= 11 is 0. The van der Waals surface area contributed by atoms with E-state index >= 15 is 0 Å². The van der Waals surface area contributed by atoms with Gasteiger partial charge in [-0.25, -0.2) is 13.1 Å². The lowest BCUT2D eigenvalue weighted by molar-refractivity contribution is -0.387. The molecule has 1 heterocycles. The molecule has 1 fully saturated rings. The molecule has 0 aliphatic carbocycles. The van der Waals surface area contributed by atoms with Crippen molar-refractivity contribution in [3.63, 3.8) is 0 Å². The molecular formula is C12H16FN3O4S. The van der Waals surface area contributed by atoms with E-state index in [0.29, 0.717) is 19.4 Å². The Morgan fingerprint density at radius 3 is 2.81 bits per heavy atom. The number of sulfonamides is 1. The van der Waals surface area contributed by atoms with Crippen LogP contribution in [0.15, 0.2) is 23.1 Å². The minimum Gasteiger partial charge on any atom is -0.314 e. The molecule has 116 valence electrons. The van der Waals surface area contributed by atoms with Crippen LogP contribution in [0.3, 0.4) is 0 Å². The molecule has 0 amide bonds. The maximum absolute atomic E-state index is 13.3. The third-order valence-corrected chi connectivity index (χ3v) is 4.89. The minimum absolute atomic E-state index is 0.189. The maximum atomic E-state index is 13.3. The van der Waals surface area contributed by atoms with Crippen molar-refractivity contribution in [3.05, 3.63) is 34.1 Å². The first kappa shape index (κ1) is 15.8. The van der Waals surface area contributed by atoms with Gasteiger partial charge in [0.15, 0.2) is 0 Å². The summed E-state index contributed by atoms with van der Waals surface area (Å²) in [7, 11) is -3.91. The lowest BCUT2D eigenvalue weighted by Gasteiger charge is -2.28. The summed E-state index contributed by atoms with van der Waals surface area (Å²) in [6, 6.07) is 2.50. The molecule has 0 saturated carbocycles. The molecular weight excluding hydrogens is 301 g/mol. The van der Waals surface area contributed by atoms with E-state index < -0.39 is 26.5 Å². The Balaban J connectivity index is 2.23. The highest BCUT2D eigenvalue weighted by Gasteiger charge is 2.26. The zero-order valence-electron chi connectivity index (χ0n) is 11.4. The van der Waals surface area contributed by atoms with E-state index in [2.05, 4.69) is 10.0 Å². The van der Waals surface area contributed by atoms with Crippen LogP contribution < -0.4 is 10.0 Å². The molecule has 2 N–H and O–H groups in total. The van der Waals surface area contributed by atoms with E-state index in [1.54, 1.807) is 0 Å². The van der Waals surface area contributed by atoms with E-state index in [9.17, 15) is 22.9 Å². The molecule has 2 rings (SSSR count). The Kier molecular flexibility index (Phi) is 4.55. The normalized spacial score (nSPS) is 23.0. The van der Waals surface area contributed by atoms with Crippen molar-refractivity contribution in [2.24, 2.45) is 0 Å². The number of hydrogen-bond acceptors (Lipinski definition) is 5. The van der Waals surface area contributed by atoms with E-state index in [1.807, 2.05) is 6.92 Å². The van der Waals surface area contributed by atoms with Gasteiger partial charge in [-0.1, -0.05) is 0 Å². The first-order chi connectivity index (χ1) is 9.79. The lowest BCUT2D eigenvalue weighted by atomic mass is 10.0. The summed E-state index contributed by atoms with van der Waals surface area (Å²) in [6.07, 6.45) is 1.26. The highest BCUT2D eigenvalue weighted by Crippen LogP contribution is 2.22. The molecule has 2 unspecified atom stereocenters. The van der Waals surface area contributed by atoms with Crippen LogP contribution in [0.1, 0.15) is 19.8 Å². The molecule has 0 aromatic heterocycles. The highest BCUT2D eigenvalue weighted by molar-refractivity contribution is 7.89. The Labute approximate surface area is 121 Å². The van der Waals surface area contributed by atoms with Crippen molar-refractivity contribution in [2.75, 3.05) is 6.54 Å². The molecule has 9 heteroatoms. The van der Waals surface area contributed by atoms with Crippen molar-refractivity contribution >= 4 is 15.7 Å². The molecule has 21 heavy (non-hydrogen) atoms. The zero-order chi connectivity index (χ0) is 15.6. The lowest BCUT2D eigenvalue weighted by Crippen LogP contribution is -2.46. The van der Waals surface area contributed by atoms with Gasteiger partial charge in [-0.2, -0.15) is 4.39 Å². The van der Waals surface area contributed by atoms with Crippen LogP contribution in [-0.4, -0.2) is 32.0 Å². The molecule has 1 aliphatic rings. The van der Waals surface area contributed by atoms with Crippen LogP contribution in [-0.2, 0) is 10.0 Å². The van der Waals surface area contributed by atoms with E-state index in [1.165, 1.54) is 0 Å². The van der Waals surface area contributed by atoms with E-state index in [-0.39, 0.29) is 17.0 Å². The second-order valence-corrected chi connectivity index (χ2v) is 6.78. The molecule has 0 spiro atoms. The summed E-state index contributed by atoms with van der Waals surface area (Å²) in [5, 5.41) is 13.9. The third-order valence-electron chi connectivity index (χ3n) is 3.37.